The van der Waals surface area contributed by atoms with Crippen LogP contribution in [0.15, 0.2) is 0 Å². The number of rotatable bonds is 1. The molecule has 0 aliphatic carbocycles. The summed E-state index contributed by atoms with van der Waals surface area (Å²) in [7, 11) is 0. The molecule has 0 N–H and O–H groups in total. The second-order valence-corrected chi connectivity index (χ2v) is 3.01. The van der Waals surface area contributed by atoms with Gasteiger partial charge in [-0.05, 0) is 13.3 Å². The molecule has 2 rings (SSSR count). The van der Waals surface area contributed by atoms with E-state index in [0.29, 0.717) is 6.61 Å². The van der Waals surface area contributed by atoms with Crippen LogP contribution in [-0.2, 0) is 9.47 Å². The summed E-state index contributed by atoms with van der Waals surface area (Å²) < 4.78 is 26.5. The zero-order chi connectivity index (χ0) is 8.93. The molecule has 2 aliphatic heterocycles. The van der Waals surface area contributed by atoms with Crippen LogP contribution in [0.25, 0.3) is 0 Å². The molecule has 10 heavy (non-hydrogen) atoms. The molecular weight excluding hydrogens is 128 g/mol. The van der Waals surface area contributed by atoms with Gasteiger partial charge in [0.15, 0.2) is 0 Å². The van der Waals surface area contributed by atoms with Gasteiger partial charge in [-0.1, -0.05) is 6.92 Å². The predicted molar refractivity (Wildman–Crippen MR) is 37.9 cm³/mol. The fourth-order valence-corrected chi connectivity index (χ4v) is 1.61. The van der Waals surface area contributed by atoms with Crippen LogP contribution in [0, 0.1) is 0 Å². The molecular formula is C8H14O2. The van der Waals surface area contributed by atoms with E-state index in [-0.39, 0.29) is 25.0 Å². The van der Waals surface area contributed by atoms with Gasteiger partial charge in [-0.25, -0.2) is 0 Å². The summed E-state index contributed by atoms with van der Waals surface area (Å²) in [4.78, 5) is 0. The van der Waals surface area contributed by atoms with Crippen molar-refractivity contribution >= 4 is 0 Å². The lowest BCUT2D eigenvalue weighted by Crippen LogP contribution is -2.35. The molecule has 0 amide bonds. The third-order valence-corrected chi connectivity index (χ3v) is 2.30. The first-order valence-corrected chi connectivity index (χ1v) is 3.72. The van der Waals surface area contributed by atoms with Gasteiger partial charge >= 0.3 is 0 Å². The van der Waals surface area contributed by atoms with Crippen molar-refractivity contribution in [3.8, 4) is 0 Å². The standard InChI is InChI=1S/C8H14O2/c1-3-8-4-7(9-5-8)6(2)10-8/h6-7H,3-5H2,1-2H3/t6-,7+,8-/m0/s1/i3T,4T/t3?,4?,6-,7+,8-. The summed E-state index contributed by atoms with van der Waals surface area (Å²) in [6, 6.07) is 0. The topological polar surface area (TPSA) is 18.5 Å². The Balaban J connectivity index is 2.27. The van der Waals surface area contributed by atoms with Crippen LogP contribution in [0.4, 0.5) is 0 Å². The van der Waals surface area contributed by atoms with Crippen molar-refractivity contribution in [2.75, 3.05) is 6.61 Å². The molecule has 2 saturated heterocycles. The van der Waals surface area contributed by atoms with Crippen LogP contribution >= 0.6 is 0 Å². The van der Waals surface area contributed by atoms with Gasteiger partial charge in [-0.3, -0.25) is 0 Å². The summed E-state index contributed by atoms with van der Waals surface area (Å²) in [6.45, 7) is 4.10. The molecule has 2 bridgehead atoms. The maximum Gasteiger partial charge on any atom is 0.0942 e. The Labute approximate surface area is 64.3 Å². The Morgan fingerprint density at radius 2 is 2.70 bits per heavy atom. The summed E-state index contributed by atoms with van der Waals surface area (Å²) in [5, 5.41) is 0. The normalized spacial score (nSPS) is 65.6. The number of fused-ring (bicyclic) bond motifs is 2. The van der Waals surface area contributed by atoms with Crippen molar-refractivity contribution in [3.63, 3.8) is 0 Å². The van der Waals surface area contributed by atoms with E-state index in [9.17, 15) is 0 Å². The van der Waals surface area contributed by atoms with E-state index in [1.807, 2.05) is 6.92 Å². The zero-order valence-electron chi connectivity index (χ0n) is 8.33. The molecule has 5 atom stereocenters. The Bertz CT molecular complexity index is 197. The van der Waals surface area contributed by atoms with Crippen molar-refractivity contribution < 1.29 is 12.2 Å². The second-order valence-electron chi connectivity index (χ2n) is 3.01. The molecule has 0 aromatic rings. The molecule has 2 heterocycles. The molecule has 2 heteroatoms. The molecule has 2 unspecified atom stereocenters. The minimum atomic E-state index is -0.649. The van der Waals surface area contributed by atoms with Gasteiger partial charge in [0.25, 0.3) is 0 Å². The second kappa shape index (κ2) is 1.95. The lowest BCUT2D eigenvalue weighted by Gasteiger charge is -2.27. The third-order valence-electron chi connectivity index (χ3n) is 2.30. The quantitative estimate of drug-likeness (QED) is 0.556. The Hall–Kier alpha value is -0.0800. The van der Waals surface area contributed by atoms with E-state index in [1.54, 1.807) is 6.92 Å². The maximum absolute atomic E-state index is 7.85. The first-order chi connectivity index (χ1) is 5.58. The van der Waals surface area contributed by atoms with Crippen LogP contribution in [-0.4, -0.2) is 24.4 Å². The zero-order valence-corrected chi connectivity index (χ0v) is 6.33. The van der Waals surface area contributed by atoms with E-state index in [0.717, 1.165) is 0 Å². The fraction of sp³-hybridized carbons (Fsp3) is 1.00. The van der Waals surface area contributed by atoms with E-state index >= 15 is 0 Å². The molecule has 2 nitrogen and oxygen atoms in total. The molecule has 0 radical (unpaired) electrons. The average molecular weight is 146 g/mol. The van der Waals surface area contributed by atoms with Crippen LogP contribution in [0.1, 0.15) is 29.4 Å². The Morgan fingerprint density at radius 3 is 3.00 bits per heavy atom. The molecule has 58 valence electrons. The Morgan fingerprint density at radius 1 is 1.90 bits per heavy atom. The van der Waals surface area contributed by atoms with Crippen molar-refractivity contribution in [2.24, 2.45) is 0 Å². The van der Waals surface area contributed by atoms with Gasteiger partial charge in [-0.15, -0.1) is 0 Å². The van der Waals surface area contributed by atoms with E-state index in [4.69, 9.17) is 12.2 Å². The van der Waals surface area contributed by atoms with Gasteiger partial charge < -0.3 is 9.47 Å². The molecule has 2 aliphatic rings. The average Bonchev–Trinajstić information content (AvgIpc) is 2.42. The summed E-state index contributed by atoms with van der Waals surface area (Å²) >= 11 is 0. The highest BCUT2D eigenvalue weighted by Gasteiger charge is 2.50. The maximum atomic E-state index is 7.85. The van der Waals surface area contributed by atoms with Crippen molar-refractivity contribution in [2.45, 2.75) is 44.5 Å². The lowest BCUT2D eigenvalue weighted by atomic mass is 10.00. The summed E-state index contributed by atoms with van der Waals surface area (Å²) in [6.07, 6.45) is -0.887. The van der Waals surface area contributed by atoms with Gasteiger partial charge in [0.1, 0.15) is 0 Å². The highest BCUT2D eigenvalue weighted by Crippen LogP contribution is 2.41. The lowest BCUT2D eigenvalue weighted by molar-refractivity contribution is -0.135. The van der Waals surface area contributed by atoms with Gasteiger partial charge in [0.05, 0.1) is 24.4 Å². The van der Waals surface area contributed by atoms with Gasteiger partial charge in [-0.2, -0.15) is 0 Å². The van der Waals surface area contributed by atoms with Crippen molar-refractivity contribution in [3.05, 3.63) is 0 Å². The first kappa shape index (κ1) is 4.73. The van der Waals surface area contributed by atoms with E-state index < -0.39 is 5.60 Å². The van der Waals surface area contributed by atoms with Crippen molar-refractivity contribution in [1.82, 2.24) is 0 Å². The molecule has 2 fully saturated rings. The third kappa shape index (κ3) is 0.722. The SMILES string of the molecule is [3H]C(C)[C@@]12CO[C@H](C1[3H])[C@H](C)O2. The van der Waals surface area contributed by atoms with Crippen molar-refractivity contribution in [1.29, 1.82) is 0 Å². The molecule has 0 spiro atoms. The predicted octanol–water partition coefficient (Wildman–Crippen LogP) is 1.34. The van der Waals surface area contributed by atoms with Gasteiger partial charge in [0.2, 0.25) is 0 Å². The largest absolute Gasteiger partial charge is 0.372 e. The summed E-state index contributed by atoms with van der Waals surface area (Å²) in [5.74, 6) is 0. The van der Waals surface area contributed by atoms with Crippen LogP contribution in [0.3, 0.4) is 0 Å². The smallest absolute Gasteiger partial charge is 0.0942 e. The van der Waals surface area contributed by atoms with Crippen LogP contribution in [0.2, 0.25) is 0 Å². The van der Waals surface area contributed by atoms with E-state index in [1.165, 1.54) is 0 Å². The van der Waals surface area contributed by atoms with E-state index in [2.05, 4.69) is 0 Å². The minimum Gasteiger partial charge on any atom is -0.372 e. The highest BCUT2D eigenvalue weighted by molar-refractivity contribution is 4.98. The summed E-state index contributed by atoms with van der Waals surface area (Å²) in [5.41, 5.74) is -0.649. The monoisotopic (exact) mass is 146 g/mol. The Kier molecular flexibility index (Phi) is 0.924. The van der Waals surface area contributed by atoms with Crippen LogP contribution in [0.5, 0.6) is 0 Å². The fourth-order valence-electron chi connectivity index (χ4n) is 1.61. The van der Waals surface area contributed by atoms with Gasteiger partial charge in [0, 0.05) is 9.14 Å². The minimum absolute atomic E-state index is 0.0194. The molecule has 0 saturated carbocycles. The first-order valence-electron chi connectivity index (χ1n) is 4.87. The number of ether oxygens (including phenoxy) is 2. The van der Waals surface area contributed by atoms with Crippen LogP contribution < -0.4 is 0 Å². The number of hydrogen-bond acceptors (Lipinski definition) is 2. The highest BCUT2D eigenvalue weighted by atomic mass is 16.6. The molecule has 0 aromatic heterocycles. The molecule has 0 aromatic carbocycles. The number of hydrogen-bond donors (Lipinski definition) is 0.